The number of carbonyl (C=O) groups is 3. The second-order valence-electron chi connectivity index (χ2n) is 17.2. The number of allylic oxidation sites excluding steroid dienone is 1. The predicted molar refractivity (Wildman–Crippen MR) is 198 cm³/mol. The lowest BCUT2D eigenvalue weighted by molar-refractivity contribution is -0.271. The highest BCUT2D eigenvalue weighted by Crippen LogP contribution is 2.35. The van der Waals surface area contributed by atoms with Gasteiger partial charge < -0.3 is 70.1 Å². The lowest BCUT2D eigenvalue weighted by atomic mass is 9.74. The maximum Gasteiger partial charge on any atom is 0.407 e. The number of alkyl carbamates (subject to hydrolysis) is 2. The molecule has 0 saturated heterocycles. The molecular formula is C38H66N4O13. The Morgan fingerprint density at radius 1 is 0.964 bits per heavy atom. The van der Waals surface area contributed by atoms with Crippen molar-refractivity contribution in [2.24, 2.45) is 5.92 Å². The molecule has 0 bridgehead atoms. The van der Waals surface area contributed by atoms with Gasteiger partial charge in [-0.15, -0.1) is 0 Å². The molecule has 0 radical (unpaired) electrons. The van der Waals surface area contributed by atoms with Gasteiger partial charge in [0.15, 0.2) is 12.6 Å². The topological polar surface area (TPSA) is 236 Å². The molecule has 4 aliphatic rings. The smallest absolute Gasteiger partial charge is 0.407 e. The maximum atomic E-state index is 13.7. The van der Waals surface area contributed by atoms with Crippen LogP contribution >= 0.6 is 0 Å². The summed E-state index contributed by atoms with van der Waals surface area (Å²) in [6.45, 7) is 12.8. The second-order valence-corrected chi connectivity index (χ2v) is 17.2. The predicted octanol–water partition coefficient (Wildman–Crippen LogP) is 1.83. The molecule has 3 amide bonds. The Bertz CT molecular complexity index is 1290. The number of hydrogen-bond donors (Lipinski definition) is 8. The van der Waals surface area contributed by atoms with E-state index in [1.54, 1.807) is 48.5 Å². The van der Waals surface area contributed by atoms with Gasteiger partial charge in [0.05, 0.1) is 31.8 Å². The summed E-state index contributed by atoms with van der Waals surface area (Å²) in [7, 11) is 0. The zero-order chi connectivity index (χ0) is 40.6. The zero-order valence-electron chi connectivity index (χ0n) is 33.5. The molecule has 8 atom stereocenters. The van der Waals surface area contributed by atoms with Crippen molar-refractivity contribution in [3.05, 3.63) is 11.8 Å². The van der Waals surface area contributed by atoms with Gasteiger partial charge in [0.2, 0.25) is 0 Å². The fourth-order valence-electron chi connectivity index (χ4n) is 7.01. The summed E-state index contributed by atoms with van der Waals surface area (Å²) in [5.41, 5.74) is -3.46. The van der Waals surface area contributed by atoms with Crippen molar-refractivity contribution in [3.63, 3.8) is 0 Å². The van der Waals surface area contributed by atoms with Crippen molar-refractivity contribution >= 4 is 18.1 Å². The molecule has 1 aliphatic heterocycles. The minimum Gasteiger partial charge on any atom is -0.468 e. The van der Waals surface area contributed by atoms with Crippen LogP contribution in [0.15, 0.2) is 11.8 Å². The van der Waals surface area contributed by atoms with Gasteiger partial charge in [-0.3, -0.25) is 4.79 Å². The van der Waals surface area contributed by atoms with Gasteiger partial charge in [0.1, 0.15) is 47.0 Å². The molecular weight excluding hydrogens is 720 g/mol. The molecule has 0 aromatic carbocycles. The lowest BCUT2D eigenvalue weighted by Crippen LogP contribution is -2.70. The molecule has 55 heavy (non-hydrogen) atoms. The third-order valence-electron chi connectivity index (χ3n) is 10.0. The third-order valence-corrected chi connectivity index (χ3v) is 10.0. The summed E-state index contributed by atoms with van der Waals surface area (Å²) in [6, 6.07) is -2.57. The Kier molecular flexibility index (Phi) is 16.0. The molecule has 4 rings (SSSR count). The van der Waals surface area contributed by atoms with Crippen LogP contribution in [0.1, 0.15) is 106 Å². The van der Waals surface area contributed by atoms with Crippen molar-refractivity contribution in [2.45, 2.75) is 178 Å². The molecule has 316 valence electrons. The molecule has 0 unspecified atom stereocenters. The van der Waals surface area contributed by atoms with E-state index in [1.165, 1.54) is 19.3 Å². The Morgan fingerprint density at radius 3 is 2.18 bits per heavy atom. The number of aliphatic hydroxyl groups excluding tert-OH is 3. The van der Waals surface area contributed by atoms with E-state index in [2.05, 4.69) is 21.3 Å². The minimum absolute atomic E-state index is 0.0691. The average Bonchev–Trinajstić information content (AvgIpc) is 3.04. The number of aliphatic hydroxyl groups is 4. The van der Waals surface area contributed by atoms with Crippen LogP contribution in [-0.2, 0) is 33.2 Å². The van der Waals surface area contributed by atoms with Crippen LogP contribution in [0.2, 0.25) is 0 Å². The van der Waals surface area contributed by atoms with Crippen LogP contribution in [0.5, 0.6) is 0 Å². The second kappa shape index (κ2) is 19.6. The van der Waals surface area contributed by atoms with E-state index in [0.717, 1.165) is 6.54 Å². The first-order chi connectivity index (χ1) is 25.8. The van der Waals surface area contributed by atoms with E-state index in [4.69, 9.17) is 28.4 Å². The first-order valence-electron chi connectivity index (χ1n) is 19.8. The average molecular weight is 787 g/mol. The summed E-state index contributed by atoms with van der Waals surface area (Å²) in [5, 5.41) is 55.4. The quantitative estimate of drug-likeness (QED) is 0.0984. The number of carbonyl (C=O) groups excluding carboxylic acids is 3. The molecule has 0 aromatic rings. The summed E-state index contributed by atoms with van der Waals surface area (Å²) < 4.78 is 35.3. The van der Waals surface area contributed by atoms with Gasteiger partial charge in [-0.05, 0) is 92.2 Å². The van der Waals surface area contributed by atoms with Crippen LogP contribution in [0.4, 0.5) is 9.59 Å². The molecule has 17 heteroatoms. The van der Waals surface area contributed by atoms with E-state index >= 15 is 0 Å². The van der Waals surface area contributed by atoms with Crippen molar-refractivity contribution in [3.8, 4) is 0 Å². The fourth-order valence-corrected chi connectivity index (χ4v) is 7.01. The van der Waals surface area contributed by atoms with E-state index in [1.807, 2.05) is 6.08 Å². The highest BCUT2D eigenvalue weighted by molar-refractivity contribution is 5.87. The van der Waals surface area contributed by atoms with E-state index < -0.39 is 90.0 Å². The summed E-state index contributed by atoms with van der Waals surface area (Å²) >= 11 is 0. The standard InChI is InChI=1S/C38H66N4O13/c1-8-27(44)32(50-16-15-43)53-31-25(41-33(46)38(49)18-23(19-38)40-34(47)54-36(2,3)4)17-26(42-35(48)55-37(5,6)7)30(29(31)45)52-28-14-10-13-24(51-28)21-39-20-22-11-9-12-22/h13,22-23,25-32,39,43-45,49H,8-12,14-21H2,1-7H3,(H,40,47)(H,41,46)(H,42,48)/t23?,25-,26+,27-,28-,29+,30-,31+,32-,38?/m1/s1. The first kappa shape index (κ1) is 44.9. The molecule has 8 N–H and O–H groups in total. The highest BCUT2D eigenvalue weighted by atomic mass is 16.7. The molecule has 0 spiro atoms. The normalized spacial score (nSPS) is 31.0. The molecule has 1 heterocycles. The van der Waals surface area contributed by atoms with Crippen molar-refractivity contribution in [2.75, 3.05) is 26.3 Å². The number of rotatable bonds is 17. The number of nitrogens with one attached hydrogen (secondary N) is 4. The largest absolute Gasteiger partial charge is 0.468 e. The Balaban J connectivity index is 1.55. The van der Waals surface area contributed by atoms with Crippen molar-refractivity contribution < 1.29 is 63.2 Å². The van der Waals surface area contributed by atoms with Crippen LogP contribution in [0, 0.1) is 5.92 Å². The van der Waals surface area contributed by atoms with Gasteiger partial charge in [0, 0.05) is 25.3 Å². The number of amides is 3. The van der Waals surface area contributed by atoms with Crippen LogP contribution < -0.4 is 21.3 Å². The van der Waals surface area contributed by atoms with Gasteiger partial charge in [-0.2, -0.15) is 0 Å². The number of ether oxygens (including phenoxy) is 6. The summed E-state index contributed by atoms with van der Waals surface area (Å²) in [4.78, 5) is 39.2. The lowest BCUT2D eigenvalue weighted by Gasteiger charge is -2.48. The monoisotopic (exact) mass is 786 g/mol. The molecule has 0 aromatic heterocycles. The van der Waals surface area contributed by atoms with Crippen LogP contribution in [0.25, 0.3) is 0 Å². The zero-order valence-corrected chi connectivity index (χ0v) is 33.5. The molecule has 3 saturated carbocycles. The minimum atomic E-state index is -1.88. The van der Waals surface area contributed by atoms with Gasteiger partial charge in [0.25, 0.3) is 5.91 Å². The van der Waals surface area contributed by atoms with Gasteiger partial charge >= 0.3 is 12.2 Å². The third kappa shape index (κ3) is 13.7. The molecule has 3 fully saturated rings. The first-order valence-corrected chi connectivity index (χ1v) is 19.8. The summed E-state index contributed by atoms with van der Waals surface area (Å²) in [6.07, 6.45) is -2.11. The molecule has 17 nitrogen and oxygen atoms in total. The SMILES string of the molecule is CC[C@@H](O)[C@H](OCCO)O[C@@H]1[C@@H](O)[C@H](O[C@@H]2CCC=C(CNCC3CCC3)O2)[C@@H](NC(=O)OC(C)(C)C)C[C@H]1NC(=O)C1(O)CC(NC(=O)OC(C)(C)C)C1. The fraction of sp³-hybridized carbons (Fsp3) is 0.868. The van der Waals surface area contributed by atoms with Crippen LogP contribution in [0.3, 0.4) is 0 Å². The van der Waals surface area contributed by atoms with Gasteiger partial charge in [-0.25, -0.2) is 9.59 Å². The van der Waals surface area contributed by atoms with E-state index in [-0.39, 0.29) is 38.9 Å². The Hall–Kier alpha value is -2.77. The Labute approximate surface area is 324 Å². The Morgan fingerprint density at radius 2 is 1.60 bits per heavy atom. The van der Waals surface area contributed by atoms with Crippen molar-refractivity contribution in [1.29, 1.82) is 0 Å². The molecule has 3 aliphatic carbocycles. The van der Waals surface area contributed by atoms with Crippen molar-refractivity contribution in [1.82, 2.24) is 21.3 Å². The van der Waals surface area contributed by atoms with E-state index in [9.17, 15) is 34.8 Å². The number of hydrogen-bond acceptors (Lipinski definition) is 14. The maximum absolute atomic E-state index is 13.7. The highest BCUT2D eigenvalue weighted by Gasteiger charge is 2.54. The van der Waals surface area contributed by atoms with Gasteiger partial charge in [-0.1, -0.05) is 13.3 Å². The summed E-state index contributed by atoms with van der Waals surface area (Å²) in [5.74, 6) is 0.571. The van der Waals surface area contributed by atoms with Crippen LogP contribution in [-0.4, -0.2) is 137 Å². The van der Waals surface area contributed by atoms with E-state index in [0.29, 0.717) is 31.1 Å².